The average molecular weight is 152 g/mol. The molecule has 1 atom stereocenters. The Morgan fingerprint density at radius 2 is 2.11 bits per heavy atom. The lowest BCUT2D eigenvalue weighted by Gasteiger charge is -2.02. The summed E-state index contributed by atoms with van der Waals surface area (Å²) in [5.74, 6) is -0.558. The molecule has 0 spiro atoms. The third kappa shape index (κ3) is 2.43. The van der Waals surface area contributed by atoms with Crippen LogP contribution >= 0.6 is 0 Å². The van der Waals surface area contributed by atoms with Gasteiger partial charge in [-0.2, -0.15) is 8.42 Å². The van der Waals surface area contributed by atoms with E-state index in [9.17, 15) is 8.42 Å². The second kappa shape index (κ2) is 2.32. The quantitative estimate of drug-likeness (QED) is 0.273. The first-order valence-corrected chi connectivity index (χ1v) is 3.66. The zero-order chi connectivity index (χ0) is 7.65. The van der Waals surface area contributed by atoms with Gasteiger partial charge in [0.1, 0.15) is 11.1 Å². The van der Waals surface area contributed by atoms with Gasteiger partial charge in [-0.05, 0) is 6.92 Å². The topological polar surface area (TPSA) is 104 Å². The molecule has 0 aliphatic carbocycles. The SMILES string of the molecule is CC(C(=N)N)S(=O)(=O)O. The fourth-order valence-corrected chi connectivity index (χ4v) is 0.481. The maximum Gasteiger partial charge on any atom is 0.274 e. The first kappa shape index (κ1) is 8.38. The molecule has 0 bridgehead atoms. The molecule has 4 N–H and O–H groups in total. The van der Waals surface area contributed by atoms with Gasteiger partial charge in [0, 0.05) is 0 Å². The highest BCUT2D eigenvalue weighted by molar-refractivity contribution is 7.87. The smallest absolute Gasteiger partial charge is 0.274 e. The predicted octanol–water partition coefficient (Wildman–Crippen LogP) is -0.801. The fourth-order valence-electron chi connectivity index (χ4n) is 0.160. The van der Waals surface area contributed by atoms with Gasteiger partial charge in [-0.15, -0.1) is 0 Å². The third-order valence-electron chi connectivity index (χ3n) is 0.885. The second-order valence-corrected chi connectivity index (χ2v) is 3.35. The van der Waals surface area contributed by atoms with Crippen molar-refractivity contribution in [1.29, 1.82) is 5.41 Å². The van der Waals surface area contributed by atoms with Gasteiger partial charge in [-0.3, -0.25) is 9.96 Å². The molecule has 0 aromatic heterocycles. The van der Waals surface area contributed by atoms with Crippen LogP contribution in [0.2, 0.25) is 0 Å². The summed E-state index contributed by atoms with van der Waals surface area (Å²) in [4.78, 5) is 0. The third-order valence-corrected chi connectivity index (χ3v) is 2.03. The summed E-state index contributed by atoms with van der Waals surface area (Å²) < 4.78 is 28.4. The van der Waals surface area contributed by atoms with Gasteiger partial charge in [0.2, 0.25) is 0 Å². The summed E-state index contributed by atoms with van der Waals surface area (Å²) in [6.45, 7) is 1.14. The van der Waals surface area contributed by atoms with Crippen LogP contribution in [0.15, 0.2) is 0 Å². The molecular formula is C3H8N2O3S. The molecule has 0 aromatic rings. The van der Waals surface area contributed by atoms with E-state index in [0.717, 1.165) is 6.92 Å². The van der Waals surface area contributed by atoms with E-state index in [1.807, 2.05) is 0 Å². The minimum Gasteiger partial charge on any atom is -0.386 e. The molecule has 0 aromatic carbocycles. The van der Waals surface area contributed by atoms with Gasteiger partial charge in [-0.25, -0.2) is 0 Å². The summed E-state index contributed by atoms with van der Waals surface area (Å²) in [6, 6.07) is 0. The summed E-state index contributed by atoms with van der Waals surface area (Å²) in [6.07, 6.45) is 0. The Morgan fingerprint density at radius 3 is 2.11 bits per heavy atom. The van der Waals surface area contributed by atoms with Crippen molar-refractivity contribution in [3.63, 3.8) is 0 Å². The number of hydrogen-bond acceptors (Lipinski definition) is 3. The molecule has 6 heteroatoms. The molecule has 54 valence electrons. The fraction of sp³-hybridized carbons (Fsp3) is 0.667. The molecule has 0 amide bonds. The Balaban J connectivity index is 4.43. The zero-order valence-electron chi connectivity index (χ0n) is 4.83. The summed E-state index contributed by atoms with van der Waals surface area (Å²) in [5, 5.41) is 5.30. The van der Waals surface area contributed by atoms with Gasteiger partial charge in [0.05, 0.1) is 0 Å². The van der Waals surface area contributed by atoms with E-state index in [2.05, 4.69) is 0 Å². The van der Waals surface area contributed by atoms with Crippen molar-refractivity contribution in [3.8, 4) is 0 Å². The molecular weight excluding hydrogens is 144 g/mol. The monoisotopic (exact) mass is 152 g/mol. The van der Waals surface area contributed by atoms with E-state index in [0.29, 0.717) is 0 Å². The number of amidine groups is 1. The van der Waals surface area contributed by atoms with E-state index in [-0.39, 0.29) is 0 Å². The number of nitrogens with one attached hydrogen (secondary N) is 1. The average Bonchev–Trinajstić information content (AvgIpc) is 1.62. The van der Waals surface area contributed by atoms with Crippen LogP contribution in [-0.4, -0.2) is 24.1 Å². The van der Waals surface area contributed by atoms with E-state index < -0.39 is 21.2 Å². The Kier molecular flexibility index (Phi) is 2.16. The van der Waals surface area contributed by atoms with Gasteiger partial charge < -0.3 is 5.73 Å². The standard InChI is InChI=1S/C3H8N2O3S/c1-2(3(4)5)9(6,7)8/h2H,1H3,(H3,4,5)(H,6,7,8). The molecule has 0 radical (unpaired) electrons. The molecule has 0 aliphatic rings. The molecule has 1 unspecified atom stereocenters. The van der Waals surface area contributed by atoms with Gasteiger partial charge >= 0.3 is 0 Å². The maximum atomic E-state index is 10.1. The molecule has 0 heterocycles. The van der Waals surface area contributed by atoms with Crippen LogP contribution in [0, 0.1) is 5.41 Å². The molecule has 0 fully saturated rings. The van der Waals surface area contributed by atoms with E-state index in [4.69, 9.17) is 15.7 Å². The molecule has 0 rings (SSSR count). The molecule has 0 saturated carbocycles. The first-order valence-electron chi connectivity index (χ1n) is 2.16. The van der Waals surface area contributed by atoms with Crippen LogP contribution in [0.25, 0.3) is 0 Å². The van der Waals surface area contributed by atoms with E-state index >= 15 is 0 Å². The summed E-state index contributed by atoms with van der Waals surface area (Å²) in [5.41, 5.74) is 4.77. The maximum absolute atomic E-state index is 10.1. The van der Waals surface area contributed by atoms with Gasteiger partial charge in [-0.1, -0.05) is 0 Å². The number of rotatable bonds is 2. The Morgan fingerprint density at radius 1 is 1.78 bits per heavy atom. The molecule has 5 nitrogen and oxygen atoms in total. The first-order chi connectivity index (χ1) is 3.85. The van der Waals surface area contributed by atoms with Crippen LogP contribution in [0.5, 0.6) is 0 Å². The number of hydrogen-bond donors (Lipinski definition) is 3. The van der Waals surface area contributed by atoms with Crippen molar-refractivity contribution in [2.75, 3.05) is 0 Å². The van der Waals surface area contributed by atoms with Crippen molar-refractivity contribution in [1.82, 2.24) is 0 Å². The molecule has 0 saturated heterocycles. The number of nitrogens with two attached hydrogens (primary N) is 1. The highest BCUT2D eigenvalue weighted by atomic mass is 32.2. The highest BCUT2D eigenvalue weighted by Crippen LogP contribution is 1.94. The van der Waals surface area contributed by atoms with Crippen LogP contribution in [0.4, 0.5) is 0 Å². The predicted molar refractivity (Wildman–Crippen MR) is 32.9 cm³/mol. The van der Waals surface area contributed by atoms with E-state index in [1.165, 1.54) is 0 Å². The van der Waals surface area contributed by atoms with Crippen molar-refractivity contribution in [2.45, 2.75) is 12.2 Å². The second-order valence-electron chi connectivity index (χ2n) is 1.61. The van der Waals surface area contributed by atoms with Crippen molar-refractivity contribution >= 4 is 16.0 Å². The Labute approximate surface area is 53.1 Å². The lowest BCUT2D eigenvalue weighted by Crippen LogP contribution is -2.31. The van der Waals surface area contributed by atoms with Crippen LogP contribution < -0.4 is 5.73 Å². The molecule has 0 aliphatic heterocycles. The van der Waals surface area contributed by atoms with Gasteiger partial charge in [0.15, 0.2) is 0 Å². The minimum atomic E-state index is -4.15. The van der Waals surface area contributed by atoms with Crippen LogP contribution in [0.3, 0.4) is 0 Å². The summed E-state index contributed by atoms with van der Waals surface area (Å²) in [7, 11) is -4.15. The largest absolute Gasteiger partial charge is 0.386 e. The lowest BCUT2D eigenvalue weighted by atomic mass is 10.4. The van der Waals surface area contributed by atoms with Crippen molar-refractivity contribution in [3.05, 3.63) is 0 Å². The highest BCUT2D eigenvalue weighted by Gasteiger charge is 2.19. The van der Waals surface area contributed by atoms with Crippen LogP contribution in [0.1, 0.15) is 6.92 Å². The Bertz CT molecular complexity index is 207. The minimum absolute atomic E-state index is 0.558. The van der Waals surface area contributed by atoms with E-state index in [1.54, 1.807) is 0 Å². The Hall–Kier alpha value is -0.620. The lowest BCUT2D eigenvalue weighted by molar-refractivity contribution is 0.479. The normalized spacial score (nSPS) is 14.9. The van der Waals surface area contributed by atoms with Crippen molar-refractivity contribution in [2.24, 2.45) is 5.73 Å². The zero-order valence-corrected chi connectivity index (χ0v) is 5.64. The molecule has 9 heavy (non-hydrogen) atoms. The van der Waals surface area contributed by atoms with Gasteiger partial charge in [0.25, 0.3) is 10.1 Å². The van der Waals surface area contributed by atoms with Crippen molar-refractivity contribution < 1.29 is 13.0 Å². The summed E-state index contributed by atoms with van der Waals surface area (Å²) >= 11 is 0. The van der Waals surface area contributed by atoms with Crippen LogP contribution in [-0.2, 0) is 10.1 Å².